The summed E-state index contributed by atoms with van der Waals surface area (Å²) in [5.41, 5.74) is 3.01. The second-order valence-corrected chi connectivity index (χ2v) is 7.93. The third-order valence-electron chi connectivity index (χ3n) is 3.78. The molecule has 2 aromatic carbocycles. The summed E-state index contributed by atoms with van der Waals surface area (Å²) in [5.74, 6) is 0.391. The lowest BCUT2D eigenvalue weighted by molar-refractivity contribution is -0.113. The van der Waals surface area contributed by atoms with Gasteiger partial charge in [-0.2, -0.15) is 0 Å². The first-order valence-electron chi connectivity index (χ1n) is 7.59. The van der Waals surface area contributed by atoms with Gasteiger partial charge < -0.3 is 0 Å². The number of nitrogens with zero attached hydrogens (tertiary/aromatic N) is 1. The summed E-state index contributed by atoms with van der Waals surface area (Å²) in [6.45, 7) is 4.32. The highest BCUT2D eigenvalue weighted by atomic mass is 35.5. The summed E-state index contributed by atoms with van der Waals surface area (Å²) in [4.78, 5) is 14.9. The average molecular weight is 374 g/mol. The zero-order valence-corrected chi connectivity index (χ0v) is 15.7. The Labute approximate surface area is 156 Å². The van der Waals surface area contributed by atoms with Crippen LogP contribution in [0.15, 0.2) is 53.4 Å². The van der Waals surface area contributed by atoms with E-state index in [9.17, 15) is 4.79 Å². The van der Waals surface area contributed by atoms with Crippen LogP contribution in [0.2, 0.25) is 5.02 Å². The van der Waals surface area contributed by atoms with E-state index in [1.54, 1.807) is 29.2 Å². The minimum atomic E-state index is -0.0970. The zero-order valence-electron chi connectivity index (χ0n) is 13.3. The van der Waals surface area contributed by atoms with Crippen LogP contribution in [0, 0.1) is 0 Å². The van der Waals surface area contributed by atoms with E-state index in [0.29, 0.717) is 20.2 Å². The fourth-order valence-corrected chi connectivity index (χ4v) is 3.83. The normalized spacial score (nSPS) is 16.5. The van der Waals surface area contributed by atoms with Gasteiger partial charge >= 0.3 is 0 Å². The molecule has 2 nitrogen and oxygen atoms in total. The lowest BCUT2D eigenvalue weighted by Crippen LogP contribution is -2.27. The lowest BCUT2D eigenvalue weighted by Gasteiger charge is -2.14. The molecule has 0 spiro atoms. The summed E-state index contributed by atoms with van der Waals surface area (Å²) in [7, 11) is 0. The van der Waals surface area contributed by atoms with Crippen molar-refractivity contribution in [3.05, 3.63) is 69.6 Å². The molecule has 1 heterocycles. The molecule has 1 aliphatic rings. The molecule has 0 radical (unpaired) electrons. The molecule has 0 unspecified atom stereocenters. The second kappa shape index (κ2) is 7.09. The Bertz CT molecular complexity index is 810. The maximum atomic E-state index is 12.7. The fourth-order valence-electron chi connectivity index (χ4n) is 2.41. The highest BCUT2D eigenvalue weighted by Crippen LogP contribution is 2.36. The largest absolute Gasteiger partial charge is 0.270 e. The number of amides is 1. The number of carbonyl (C=O) groups is 1. The van der Waals surface area contributed by atoms with E-state index in [-0.39, 0.29) is 5.91 Å². The second-order valence-electron chi connectivity index (χ2n) is 5.81. The standard InChI is InChI=1S/C19H16ClNOS2/c1-12(2)14-5-3-13(4-6-14)11-17-18(22)21(19(23)24-17)16-9-7-15(20)8-10-16/h3-12H,1-2H3. The van der Waals surface area contributed by atoms with E-state index in [0.717, 1.165) is 11.3 Å². The van der Waals surface area contributed by atoms with Crippen molar-refractivity contribution < 1.29 is 4.79 Å². The first-order valence-corrected chi connectivity index (χ1v) is 9.19. The Morgan fingerprint density at radius 1 is 1.08 bits per heavy atom. The van der Waals surface area contributed by atoms with Crippen LogP contribution in [0.5, 0.6) is 0 Å². The minimum absolute atomic E-state index is 0.0970. The van der Waals surface area contributed by atoms with Crippen LogP contribution >= 0.6 is 35.6 Å². The van der Waals surface area contributed by atoms with Crippen molar-refractivity contribution in [3.8, 4) is 0 Å². The molecule has 0 bridgehead atoms. The third-order valence-corrected chi connectivity index (χ3v) is 5.33. The van der Waals surface area contributed by atoms with Gasteiger partial charge in [-0.1, -0.05) is 73.7 Å². The van der Waals surface area contributed by atoms with Gasteiger partial charge in [-0.15, -0.1) is 0 Å². The fraction of sp³-hybridized carbons (Fsp3) is 0.158. The molecule has 2 aromatic rings. The topological polar surface area (TPSA) is 20.3 Å². The molecule has 1 aliphatic heterocycles. The lowest BCUT2D eigenvalue weighted by atomic mass is 10.0. The minimum Gasteiger partial charge on any atom is -0.268 e. The molecule has 0 aromatic heterocycles. The summed E-state index contributed by atoms with van der Waals surface area (Å²) >= 11 is 12.6. The predicted molar refractivity (Wildman–Crippen MR) is 108 cm³/mol. The molecule has 1 fully saturated rings. The molecule has 0 atom stereocenters. The van der Waals surface area contributed by atoms with Crippen LogP contribution < -0.4 is 4.90 Å². The number of thioether (sulfide) groups is 1. The Morgan fingerprint density at radius 3 is 2.29 bits per heavy atom. The first kappa shape index (κ1) is 17.2. The molecule has 122 valence electrons. The Balaban J connectivity index is 1.86. The van der Waals surface area contributed by atoms with Gasteiger partial charge in [-0.25, -0.2) is 0 Å². The number of hydrogen-bond acceptors (Lipinski definition) is 3. The number of halogens is 1. The third kappa shape index (κ3) is 3.56. The van der Waals surface area contributed by atoms with Crippen molar-refractivity contribution in [2.75, 3.05) is 4.90 Å². The molecule has 0 aliphatic carbocycles. The molecule has 5 heteroatoms. The van der Waals surface area contributed by atoms with Crippen molar-refractivity contribution in [1.82, 2.24) is 0 Å². The van der Waals surface area contributed by atoms with E-state index in [4.69, 9.17) is 23.8 Å². The van der Waals surface area contributed by atoms with Gasteiger partial charge in [-0.05, 0) is 47.4 Å². The number of benzene rings is 2. The van der Waals surface area contributed by atoms with E-state index >= 15 is 0 Å². The van der Waals surface area contributed by atoms with Crippen molar-refractivity contribution in [1.29, 1.82) is 0 Å². The van der Waals surface area contributed by atoms with Crippen LogP contribution in [0.4, 0.5) is 5.69 Å². The van der Waals surface area contributed by atoms with E-state index in [2.05, 4.69) is 26.0 Å². The molecule has 3 rings (SSSR count). The zero-order chi connectivity index (χ0) is 17.3. The molecule has 24 heavy (non-hydrogen) atoms. The molecular formula is C19H16ClNOS2. The summed E-state index contributed by atoms with van der Waals surface area (Å²) in [5, 5.41) is 0.630. The van der Waals surface area contributed by atoms with E-state index < -0.39 is 0 Å². The van der Waals surface area contributed by atoms with Gasteiger partial charge in [0.15, 0.2) is 4.32 Å². The number of hydrogen-bond donors (Lipinski definition) is 0. The summed E-state index contributed by atoms with van der Waals surface area (Å²) in [6.07, 6.45) is 1.89. The van der Waals surface area contributed by atoms with Crippen molar-refractivity contribution >= 4 is 57.6 Å². The Kier molecular flexibility index (Phi) is 5.09. The van der Waals surface area contributed by atoms with Crippen molar-refractivity contribution in [2.24, 2.45) is 0 Å². The van der Waals surface area contributed by atoms with Crippen LogP contribution in [-0.4, -0.2) is 10.2 Å². The number of anilines is 1. The SMILES string of the molecule is CC(C)c1ccc(C=C2SC(=S)N(c3ccc(Cl)cc3)C2=O)cc1. The molecule has 0 N–H and O–H groups in total. The number of rotatable bonds is 3. The number of thiocarbonyl (C=S) groups is 1. The van der Waals surface area contributed by atoms with Gasteiger partial charge in [0.2, 0.25) is 0 Å². The molecule has 1 amide bonds. The highest BCUT2D eigenvalue weighted by molar-refractivity contribution is 8.27. The van der Waals surface area contributed by atoms with Crippen LogP contribution in [0.3, 0.4) is 0 Å². The highest BCUT2D eigenvalue weighted by Gasteiger charge is 2.33. The molecule has 1 saturated heterocycles. The molecular weight excluding hydrogens is 358 g/mol. The summed E-state index contributed by atoms with van der Waals surface area (Å²) < 4.78 is 0.535. The Morgan fingerprint density at radius 2 is 1.71 bits per heavy atom. The smallest absolute Gasteiger partial charge is 0.268 e. The van der Waals surface area contributed by atoms with Gasteiger partial charge in [0.25, 0.3) is 5.91 Å². The van der Waals surface area contributed by atoms with E-state index in [1.165, 1.54) is 17.3 Å². The van der Waals surface area contributed by atoms with Gasteiger partial charge in [0, 0.05) is 5.02 Å². The van der Waals surface area contributed by atoms with Gasteiger partial charge in [-0.3, -0.25) is 9.69 Å². The average Bonchev–Trinajstić information content (AvgIpc) is 2.83. The van der Waals surface area contributed by atoms with Crippen LogP contribution in [-0.2, 0) is 4.79 Å². The van der Waals surface area contributed by atoms with Gasteiger partial charge in [0.05, 0.1) is 10.6 Å². The van der Waals surface area contributed by atoms with Crippen LogP contribution in [0.1, 0.15) is 30.9 Å². The monoisotopic (exact) mass is 373 g/mol. The summed E-state index contributed by atoms with van der Waals surface area (Å²) in [6, 6.07) is 15.4. The van der Waals surface area contributed by atoms with Crippen molar-refractivity contribution in [3.63, 3.8) is 0 Å². The number of carbonyl (C=O) groups excluding carboxylic acids is 1. The maximum Gasteiger partial charge on any atom is 0.270 e. The quantitative estimate of drug-likeness (QED) is 0.495. The van der Waals surface area contributed by atoms with Gasteiger partial charge in [0.1, 0.15) is 0 Å². The van der Waals surface area contributed by atoms with Crippen molar-refractivity contribution in [2.45, 2.75) is 19.8 Å². The first-order chi connectivity index (χ1) is 11.5. The predicted octanol–water partition coefficient (Wildman–Crippen LogP) is 5.87. The van der Waals surface area contributed by atoms with Crippen LogP contribution in [0.25, 0.3) is 6.08 Å². The van der Waals surface area contributed by atoms with E-state index in [1.807, 2.05) is 18.2 Å². The molecule has 0 saturated carbocycles. The Hall–Kier alpha value is -1.62. The maximum absolute atomic E-state index is 12.7.